The normalized spacial score (nSPS) is 12.2. The summed E-state index contributed by atoms with van der Waals surface area (Å²) in [6, 6.07) is 3.14. The van der Waals surface area contributed by atoms with E-state index in [-0.39, 0.29) is 22.0 Å². The molecular weight excluding hydrogens is 359 g/mol. The van der Waals surface area contributed by atoms with Crippen LogP contribution in [0.2, 0.25) is 0 Å². The summed E-state index contributed by atoms with van der Waals surface area (Å²) in [5.74, 6) is -0.709. The van der Waals surface area contributed by atoms with Gasteiger partial charge in [0, 0.05) is 13.1 Å². The van der Waals surface area contributed by atoms with Gasteiger partial charge in [-0.2, -0.15) is 5.10 Å². The summed E-state index contributed by atoms with van der Waals surface area (Å²) < 4.78 is 65.2. The molecule has 0 fully saturated rings. The lowest BCUT2D eigenvalue weighted by Gasteiger charge is -2.21. The Bertz CT molecular complexity index is 964. The Balaban J connectivity index is 2.56. The van der Waals surface area contributed by atoms with Crippen molar-refractivity contribution in [2.75, 3.05) is 22.3 Å². The third-order valence-electron chi connectivity index (χ3n) is 3.37. The van der Waals surface area contributed by atoms with E-state index in [2.05, 4.69) is 14.9 Å². The van der Waals surface area contributed by atoms with Gasteiger partial charge in [-0.05, 0) is 26.0 Å². The van der Waals surface area contributed by atoms with E-state index in [1.807, 2.05) is 0 Å². The van der Waals surface area contributed by atoms with Crippen molar-refractivity contribution in [1.29, 1.82) is 0 Å². The molecule has 0 aliphatic rings. The number of sulfonamides is 2. The molecule has 0 unspecified atom stereocenters. The lowest BCUT2D eigenvalue weighted by molar-refractivity contribution is 0.597. The fourth-order valence-electron chi connectivity index (χ4n) is 2.18. The Labute approximate surface area is 139 Å². The number of benzene rings is 1. The predicted octanol–water partition coefficient (Wildman–Crippen LogP) is 1.36. The first kappa shape index (κ1) is 18.2. The van der Waals surface area contributed by atoms with Gasteiger partial charge in [-0.25, -0.2) is 21.2 Å². The summed E-state index contributed by atoms with van der Waals surface area (Å²) in [5, 5.41) is 6.37. The standard InChI is InChI=1S/C13H17FN4O4S2/c1-8-13(9(2)16-15-8)24(21,22)17-11-7-10(14)5-6-12(11)18(3)23(4,19)20/h5-7,17H,1-4H3,(H,15,16). The van der Waals surface area contributed by atoms with Gasteiger partial charge in [0.05, 0.1) is 29.0 Å². The number of nitrogens with zero attached hydrogens (tertiary/aromatic N) is 2. The van der Waals surface area contributed by atoms with Crippen molar-refractivity contribution >= 4 is 31.4 Å². The number of H-pyrrole nitrogens is 1. The molecule has 1 aromatic carbocycles. The van der Waals surface area contributed by atoms with E-state index >= 15 is 0 Å². The minimum Gasteiger partial charge on any atom is -0.281 e. The van der Waals surface area contributed by atoms with Crippen LogP contribution in [0.15, 0.2) is 23.1 Å². The van der Waals surface area contributed by atoms with Crippen molar-refractivity contribution in [2.24, 2.45) is 0 Å². The minimum atomic E-state index is -4.08. The Morgan fingerprint density at radius 1 is 1.21 bits per heavy atom. The summed E-state index contributed by atoms with van der Waals surface area (Å²) in [6.45, 7) is 3.04. The molecule has 0 radical (unpaired) electrons. The van der Waals surface area contributed by atoms with Crippen LogP contribution < -0.4 is 9.03 Å². The van der Waals surface area contributed by atoms with E-state index in [1.54, 1.807) is 0 Å². The second-order valence-electron chi connectivity index (χ2n) is 5.26. The van der Waals surface area contributed by atoms with Crippen molar-refractivity contribution in [1.82, 2.24) is 10.2 Å². The van der Waals surface area contributed by atoms with Crippen LogP contribution in [0.1, 0.15) is 11.4 Å². The molecule has 1 heterocycles. The molecule has 0 aliphatic heterocycles. The first-order valence-electron chi connectivity index (χ1n) is 6.71. The zero-order valence-corrected chi connectivity index (χ0v) is 15.1. The average Bonchev–Trinajstić information content (AvgIpc) is 2.76. The number of nitrogens with one attached hydrogen (secondary N) is 2. The molecule has 0 bridgehead atoms. The van der Waals surface area contributed by atoms with Crippen molar-refractivity contribution in [3.05, 3.63) is 35.4 Å². The first-order valence-corrected chi connectivity index (χ1v) is 10.0. The highest BCUT2D eigenvalue weighted by Gasteiger charge is 2.25. The summed E-state index contributed by atoms with van der Waals surface area (Å²) in [4.78, 5) is -0.0697. The molecule has 0 aliphatic carbocycles. The number of hydrogen-bond donors (Lipinski definition) is 2. The maximum atomic E-state index is 13.6. The van der Waals surface area contributed by atoms with E-state index < -0.39 is 25.9 Å². The van der Waals surface area contributed by atoms with E-state index in [4.69, 9.17) is 0 Å². The predicted molar refractivity (Wildman–Crippen MR) is 88.5 cm³/mol. The fraction of sp³-hybridized carbons (Fsp3) is 0.308. The third-order valence-corrected chi connectivity index (χ3v) is 6.19. The molecule has 0 spiro atoms. The average molecular weight is 376 g/mol. The van der Waals surface area contributed by atoms with Crippen molar-refractivity contribution < 1.29 is 21.2 Å². The van der Waals surface area contributed by atoms with Crippen molar-refractivity contribution in [2.45, 2.75) is 18.7 Å². The summed E-state index contributed by atoms with van der Waals surface area (Å²) >= 11 is 0. The van der Waals surface area contributed by atoms with Gasteiger partial charge in [0.2, 0.25) is 10.0 Å². The van der Waals surface area contributed by atoms with Gasteiger partial charge in [0.15, 0.2) is 0 Å². The molecule has 11 heteroatoms. The maximum Gasteiger partial charge on any atom is 0.265 e. The highest BCUT2D eigenvalue weighted by Crippen LogP contribution is 2.30. The molecule has 2 N–H and O–H groups in total. The molecule has 24 heavy (non-hydrogen) atoms. The Kier molecular flexibility index (Phi) is 4.59. The van der Waals surface area contributed by atoms with Crippen molar-refractivity contribution in [3.63, 3.8) is 0 Å². The Morgan fingerprint density at radius 3 is 2.33 bits per heavy atom. The molecule has 2 aromatic rings. The smallest absolute Gasteiger partial charge is 0.265 e. The SMILES string of the molecule is Cc1n[nH]c(C)c1S(=O)(=O)Nc1cc(F)ccc1N(C)S(C)(=O)=O. The Morgan fingerprint density at radius 2 is 1.83 bits per heavy atom. The zero-order chi connectivity index (χ0) is 18.3. The largest absolute Gasteiger partial charge is 0.281 e. The highest BCUT2D eigenvalue weighted by molar-refractivity contribution is 7.93. The summed E-state index contributed by atoms with van der Waals surface area (Å²) in [7, 11) is -6.50. The molecule has 0 saturated carbocycles. The topological polar surface area (TPSA) is 112 Å². The summed E-state index contributed by atoms with van der Waals surface area (Å²) in [6.07, 6.45) is 0.957. The molecular formula is C13H17FN4O4S2. The summed E-state index contributed by atoms with van der Waals surface area (Å²) in [5.41, 5.74) is 0.369. The van der Waals surface area contributed by atoms with E-state index in [1.165, 1.54) is 27.0 Å². The van der Waals surface area contributed by atoms with Crippen molar-refractivity contribution in [3.8, 4) is 0 Å². The second kappa shape index (κ2) is 6.06. The van der Waals surface area contributed by atoms with Crippen LogP contribution in [0, 0.1) is 19.7 Å². The van der Waals surface area contributed by atoms with Crippen LogP contribution in [0.5, 0.6) is 0 Å². The number of aromatic nitrogens is 2. The Hall–Kier alpha value is -2.14. The second-order valence-corrected chi connectivity index (χ2v) is 8.89. The zero-order valence-electron chi connectivity index (χ0n) is 13.5. The quantitative estimate of drug-likeness (QED) is 0.818. The molecule has 132 valence electrons. The maximum absolute atomic E-state index is 13.6. The molecule has 2 rings (SSSR count). The van der Waals surface area contributed by atoms with Crippen LogP contribution in [0.4, 0.5) is 15.8 Å². The fourth-order valence-corrected chi connectivity index (χ4v) is 4.13. The van der Waals surface area contributed by atoms with Crippen LogP contribution in [0.3, 0.4) is 0 Å². The molecule has 8 nitrogen and oxygen atoms in total. The number of halogens is 1. The van der Waals surface area contributed by atoms with E-state index in [0.29, 0.717) is 5.69 Å². The number of aryl methyl sites for hydroxylation is 2. The first-order chi connectivity index (χ1) is 10.9. The van der Waals surface area contributed by atoms with Gasteiger partial charge >= 0.3 is 0 Å². The number of anilines is 2. The van der Waals surface area contributed by atoms with Crippen LogP contribution >= 0.6 is 0 Å². The lowest BCUT2D eigenvalue weighted by atomic mass is 10.2. The number of hydrogen-bond acceptors (Lipinski definition) is 5. The van der Waals surface area contributed by atoms with E-state index in [0.717, 1.165) is 22.7 Å². The van der Waals surface area contributed by atoms with Gasteiger partial charge in [0.25, 0.3) is 10.0 Å². The monoisotopic (exact) mass is 376 g/mol. The number of aromatic amines is 1. The minimum absolute atomic E-state index is 0.00118. The van der Waals surface area contributed by atoms with Gasteiger partial charge < -0.3 is 0 Å². The molecule has 0 atom stereocenters. The van der Waals surface area contributed by atoms with Gasteiger partial charge in [0.1, 0.15) is 10.7 Å². The van der Waals surface area contributed by atoms with Crippen LogP contribution in [-0.4, -0.2) is 40.3 Å². The molecule has 0 amide bonds. The number of rotatable bonds is 5. The lowest BCUT2D eigenvalue weighted by Crippen LogP contribution is -2.26. The van der Waals surface area contributed by atoms with E-state index in [9.17, 15) is 21.2 Å². The molecule has 0 saturated heterocycles. The van der Waals surface area contributed by atoms with Gasteiger partial charge in [-0.15, -0.1) is 0 Å². The van der Waals surface area contributed by atoms with Gasteiger partial charge in [-0.3, -0.25) is 14.1 Å². The van der Waals surface area contributed by atoms with Gasteiger partial charge in [-0.1, -0.05) is 0 Å². The van der Waals surface area contributed by atoms with Crippen LogP contribution in [-0.2, 0) is 20.0 Å². The molecule has 1 aromatic heterocycles. The highest BCUT2D eigenvalue weighted by atomic mass is 32.2. The van der Waals surface area contributed by atoms with Crippen LogP contribution in [0.25, 0.3) is 0 Å². The third kappa shape index (κ3) is 3.51.